The number of thiocarbonyl (C=S) groups is 1. The van der Waals surface area contributed by atoms with Crippen LogP contribution in [0.3, 0.4) is 0 Å². The highest BCUT2D eigenvalue weighted by Crippen LogP contribution is 2.44. The first kappa shape index (κ1) is 11.7. The van der Waals surface area contributed by atoms with E-state index in [1.165, 1.54) is 25.7 Å². The van der Waals surface area contributed by atoms with Crippen molar-refractivity contribution in [3.63, 3.8) is 0 Å². The SMILES string of the molecule is Nc1ccc(NC(=S)NC2CC3CCC2C3)cn1. The number of anilines is 2. The highest BCUT2D eigenvalue weighted by atomic mass is 32.1. The summed E-state index contributed by atoms with van der Waals surface area (Å²) in [6.07, 6.45) is 7.11. The molecule has 2 fully saturated rings. The highest BCUT2D eigenvalue weighted by Gasteiger charge is 2.39. The third kappa shape index (κ3) is 2.41. The molecule has 18 heavy (non-hydrogen) atoms. The molecule has 0 radical (unpaired) electrons. The maximum absolute atomic E-state index is 5.54. The van der Waals surface area contributed by atoms with E-state index in [4.69, 9.17) is 18.0 Å². The van der Waals surface area contributed by atoms with Gasteiger partial charge in [-0.25, -0.2) is 4.98 Å². The molecular formula is C13H18N4S. The summed E-state index contributed by atoms with van der Waals surface area (Å²) in [7, 11) is 0. The van der Waals surface area contributed by atoms with Crippen LogP contribution in [0.15, 0.2) is 18.3 Å². The molecule has 3 rings (SSSR count). The van der Waals surface area contributed by atoms with E-state index < -0.39 is 0 Å². The van der Waals surface area contributed by atoms with Crippen molar-refractivity contribution in [2.75, 3.05) is 11.1 Å². The van der Waals surface area contributed by atoms with Gasteiger partial charge in [0.2, 0.25) is 0 Å². The lowest BCUT2D eigenvalue weighted by molar-refractivity contribution is 0.392. The Bertz CT molecular complexity index is 445. The van der Waals surface area contributed by atoms with E-state index in [9.17, 15) is 0 Å². The Morgan fingerprint density at radius 2 is 2.22 bits per heavy atom. The van der Waals surface area contributed by atoms with Gasteiger partial charge < -0.3 is 16.4 Å². The second-order valence-corrected chi connectivity index (χ2v) is 5.76. The fourth-order valence-corrected chi connectivity index (χ4v) is 3.51. The second kappa shape index (κ2) is 4.72. The normalized spacial score (nSPS) is 29.2. The van der Waals surface area contributed by atoms with Crippen molar-refractivity contribution in [2.24, 2.45) is 11.8 Å². The minimum Gasteiger partial charge on any atom is -0.384 e. The van der Waals surface area contributed by atoms with Crippen molar-refractivity contribution in [2.45, 2.75) is 31.7 Å². The number of hydrogen-bond donors (Lipinski definition) is 3. The zero-order chi connectivity index (χ0) is 12.5. The largest absolute Gasteiger partial charge is 0.384 e. The van der Waals surface area contributed by atoms with E-state index >= 15 is 0 Å². The van der Waals surface area contributed by atoms with E-state index in [0.29, 0.717) is 17.0 Å². The number of rotatable bonds is 2. The van der Waals surface area contributed by atoms with E-state index in [2.05, 4.69) is 15.6 Å². The highest BCUT2D eigenvalue weighted by molar-refractivity contribution is 7.80. The number of nitrogens with two attached hydrogens (primary N) is 1. The minimum absolute atomic E-state index is 0.521. The Morgan fingerprint density at radius 3 is 2.83 bits per heavy atom. The molecule has 0 aromatic carbocycles. The Labute approximate surface area is 112 Å². The summed E-state index contributed by atoms with van der Waals surface area (Å²) < 4.78 is 0. The standard InChI is InChI=1S/C13H18N4S/c14-12-4-3-10(7-15-12)16-13(18)17-11-6-8-1-2-9(11)5-8/h3-4,7-9,11H,1-2,5-6H2,(H2,14,15)(H2,16,17,18). The average molecular weight is 262 g/mol. The molecule has 4 nitrogen and oxygen atoms in total. The predicted molar refractivity (Wildman–Crippen MR) is 77.2 cm³/mol. The number of aromatic nitrogens is 1. The summed E-state index contributed by atoms with van der Waals surface area (Å²) in [5.74, 6) is 2.26. The van der Waals surface area contributed by atoms with Gasteiger partial charge in [-0.1, -0.05) is 6.42 Å². The number of nitrogens with one attached hydrogen (secondary N) is 2. The van der Waals surface area contributed by atoms with Crippen LogP contribution in [0.2, 0.25) is 0 Å². The minimum atomic E-state index is 0.521. The van der Waals surface area contributed by atoms with Crippen LogP contribution in [0.4, 0.5) is 11.5 Å². The van der Waals surface area contributed by atoms with Crippen LogP contribution in [-0.4, -0.2) is 16.1 Å². The second-order valence-electron chi connectivity index (χ2n) is 5.35. The van der Waals surface area contributed by atoms with E-state index in [-0.39, 0.29) is 0 Å². The summed E-state index contributed by atoms with van der Waals surface area (Å²) >= 11 is 5.34. The van der Waals surface area contributed by atoms with Crippen LogP contribution in [-0.2, 0) is 0 Å². The molecule has 3 atom stereocenters. The van der Waals surface area contributed by atoms with Gasteiger partial charge in [-0.3, -0.25) is 0 Å². The number of nitrogens with zero attached hydrogens (tertiary/aromatic N) is 1. The zero-order valence-corrected chi connectivity index (χ0v) is 11.0. The molecule has 0 spiro atoms. The van der Waals surface area contributed by atoms with Crippen LogP contribution in [0.25, 0.3) is 0 Å². The fourth-order valence-electron chi connectivity index (χ4n) is 3.24. The van der Waals surface area contributed by atoms with E-state index in [1.54, 1.807) is 12.3 Å². The summed E-state index contributed by atoms with van der Waals surface area (Å²) in [4.78, 5) is 4.03. The molecular weight excluding hydrogens is 244 g/mol. The van der Waals surface area contributed by atoms with Crippen molar-refractivity contribution >= 4 is 28.8 Å². The predicted octanol–water partition coefficient (Wildman–Crippen LogP) is 2.14. The van der Waals surface area contributed by atoms with Crippen LogP contribution in [0, 0.1) is 11.8 Å². The number of hydrogen-bond acceptors (Lipinski definition) is 3. The molecule has 0 aliphatic heterocycles. The van der Waals surface area contributed by atoms with Gasteiger partial charge in [-0.05, 0) is 55.4 Å². The van der Waals surface area contributed by atoms with E-state index in [1.807, 2.05) is 6.07 Å². The van der Waals surface area contributed by atoms with Crippen LogP contribution < -0.4 is 16.4 Å². The Balaban J connectivity index is 1.54. The molecule has 1 heterocycles. The zero-order valence-electron chi connectivity index (χ0n) is 10.2. The maximum Gasteiger partial charge on any atom is 0.171 e. The van der Waals surface area contributed by atoms with Crippen LogP contribution in [0.1, 0.15) is 25.7 Å². The molecule has 2 aliphatic carbocycles. The molecule has 1 aromatic rings. The van der Waals surface area contributed by atoms with E-state index in [0.717, 1.165) is 17.5 Å². The fraction of sp³-hybridized carbons (Fsp3) is 0.538. The van der Waals surface area contributed by atoms with Gasteiger partial charge in [0.05, 0.1) is 11.9 Å². The average Bonchev–Trinajstić information content (AvgIpc) is 2.94. The van der Waals surface area contributed by atoms with Crippen molar-refractivity contribution in [3.05, 3.63) is 18.3 Å². The molecule has 4 N–H and O–H groups in total. The lowest BCUT2D eigenvalue weighted by Crippen LogP contribution is -2.40. The molecule has 1 aromatic heterocycles. The third-order valence-electron chi connectivity index (χ3n) is 4.10. The molecule has 2 aliphatic rings. The third-order valence-corrected chi connectivity index (χ3v) is 4.32. The Kier molecular flexibility index (Phi) is 3.07. The molecule has 2 saturated carbocycles. The van der Waals surface area contributed by atoms with Crippen LogP contribution >= 0.6 is 12.2 Å². The van der Waals surface area contributed by atoms with Crippen molar-refractivity contribution in [1.82, 2.24) is 10.3 Å². The molecule has 3 unspecified atom stereocenters. The Morgan fingerprint density at radius 1 is 1.33 bits per heavy atom. The van der Waals surface area contributed by atoms with Gasteiger partial charge in [0, 0.05) is 6.04 Å². The molecule has 2 bridgehead atoms. The van der Waals surface area contributed by atoms with Gasteiger partial charge in [-0.2, -0.15) is 0 Å². The van der Waals surface area contributed by atoms with Gasteiger partial charge in [0.1, 0.15) is 5.82 Å². The Hall–Kier alpha value is -1.36. The van der Waals surface area contributed by atoms with Gasteiger partial charge >= 0.3 is 0 Å². The quantitative estimate of drug-likeness (QED) is 0.713. The van der Waals surface area contributed by atoms with Crippen molar-refractivity contribution in [1.29, 1.82) is 0 Å². The lowest BCUT2D eigenvalue weighted by Gasteiger charge is -2.24. The number of pyridine rings is 1. The number of fused-ring (bicyclic) bond motifs is 2. The van der Waals surface area contributed by atoms with Gasteiger partial charge in [0.15, 0.2) is 5.11 Å². The monoisotopic (exact) mass is 262 g/mol. The lowest BCUT2D eigenvalue weighted by atomic mass is 9.96. The molecule has 5 heteroatoms. The topological polar surface area (TPSA) is 63.0 Å². The molecule has 0 saturated heterocycles. The summed E-state index contributed by atoms with van der Waals surface area (Å²) in [5, 5.41) is 7.29. The maximum atomic E-state index is 5.54. The van der Waals surface area contributed by atoms with Gasteiger partial charge in [-0.15, -0.1) is 0 Å². The van der Waals surface area contributed by atoms with Crippen LogP contribution in [0.5, 0.6) is 0 Å². The van der Waals surface area contributed by atoms with Crippen molar-refractivity contribution in [3.8, 4) is 0 Å². The first-order chi connectivity index (χ1) is 8.70. The van der Waals surface area contributed by atoms with Gasteiger partial charge in [0.25, 0.3) is 0 Å². The number of nitrogen functional groups attached to an aromatic ring is 1. The molecule has 96 valence electrons. The molecule has 0 amide bonds. The smallest absolute Gasteiger partial charge is 0.171 e. The first-order valence-electron chi connectivity index (χ1n) is 6.50. The summed E-state index contributed by atoms with van der Waals surface area (Å²) in [5.41, 5.74) is 6.42. The summed E-state index contributed by atoms with van der Waals surface area (Å²) in [6.45, 7) is 0. The first-order valence-corrected chi connectivity index (χ1v) is 6.90. The summed E-state index contributed by atoms with van der Waals surface area (Å²) in [6, 6.07) is 4.21. The van der Waals surface area contributed by atoms with Crippen molar-refractivity contribution < 1.29 is 0 Å².